The van der Waals surface area contributed by atoms with E-state index >= 15 is 0 Å². The first-order valence-electron chi connectivity index (χ1n) is 7.40. The smallest absolute Gasteiger partial charge is 0.244 e. The van der Waals surface area contributed by atoms with Crippen molar-refractivity contribution in [3.05, 3.63) is 71.6 Å². The van der Waals surface area contributed by atoms with Crippen molar-refractivity contribution < 1.29 is 17.9 Å². The fraction of sp³-hybridized carbons (Fsp3) is 0.167. The predicted octanol–water partition coefficient (Wildman–Crippen LogP) is 2.34. The van der Waals surface area contributed by atoms with Crippen LogP contribution in [0.2, 0.25) is 0 Å². The summed E-state index contributed by atoms with van der Waals surface area (Å²) < 4.78 is 29.2. The first kappa shape index (κ1) is 17.7. The van der Waals surface area contributed by atoms with Crippen LogP contribution in [0.25, 0.3) is 0 Å². The number of amides is 1. The minimum absolute atomic E-state index is 0.108. The van der Waals surface area contributed by atoms with E-state index in [1.807, 2.05) is 30.3 Å². The van der Waals surface area contributed by atoms with Gasteiger partial charge in [0, 0.05) is 18.0 Å². The molecule has 0 aromatic heterocycles. The normalized spacial score (nSPS) is 11.4. The lowest BCUT2D eigenvalue weighted by atomic mass is 10.1. The van der Waals surface area contributed by atoms with E-state index in [0.717, 1.165) is 17.0 Å². The Bertz CT molecular complexity index is 797. The number of ether oxygens (including phenoxy) is 1. The third-order valence-electron chi connectivity index (χ3n) is 3.34. The molecule has 0 atom stereocenters. The van der Waals surface area contributed by atoms with Crippen LogP contribution in [0.1, 0.15) is 5.56 Å². The maximum absolute atomic E-state index is 12.1. The first-order valence-corrected chi connectivity index (χ1v) is 8.95. The zero-order valence-corrected chi connectivity index (χ0v) is 14.1. The molecule has 0 aliphatic rings. The first-order chi connectivity index (χ1) is 11.5. The Morgan fingerprint density at radius 1 is 1.08 bits per heavy atom. The maximum atomic E-state index is 12.1. The minimum Gasteiger partial charge on any atom is -0.497 e. The van der Waals surface area contributed by atoms with Crippen LogP contribution in [0.3, 0.4) is 0 Å². The van der Waals surface area contributed by atoms with Gasteiger partial charge in [0.05, 0.1) is 12.0 Å². The molecule has 5 nitrogen and oxygen atoms in total. The largest absolute Gasteiger partial charge is 0.497 e. The maximum Gasteiger partial charge on any atom is 0.244 e. The molecule has 0 radical (unpaired) electrons. The van der Waals surface area contributed by atoms with Gasteiger partial charge in [-0.1, -0.05) is 30.3 Å². The molecular formula is C18H19NO4S. The molecule has 0 aliphatic carbocycles. The quantitative estimate of drug-likeness (QED) is 0.782. The fourth-order valence-electron chi connectivity index (χ4n) is 2.03. The van der Waals surface area contributed by atoms with Crippen molar-refractivity contribution in [2.24, 2.45) is 0 Å². The summed E-state index contributed by atoms with van der Waals surface area (Å²) >= 11 is 0. The number of carbonyl (C=O) groups excluding carboxylic acids is 1. The zero-order valence-electron chi connectivity index (χ0n) is 13.3. The minimum atomic E-state index is -3.65. The van der Waals surface area contributed by atoms with Crippen LogP contribution in [0.15, 0.2) is 71.0 Å². The monoisotopic (exact) mass is 345 g/mol. The number of benzene rings is 2. The van der Waals surface area contributed by atoms with Crippen molar-refractivity contribution in [1.29, 1.82) is 0 Å². The van der Waals surface area contributed by atoms with Crippen LogP contribution in [-0.4, -0.2) is 28.0 Å². The number of hydrogen-bond acceptors (Lipinski definition) is 4. The SMILES string of the molecule is COc1ccc(S(=O)(=O)/C=C/C(=O)NCCc2ccccc2)cc1. The highest BCUT2D eigenvalue weighted by atomic mass is 32.2. The van der Waals surface area contributed by atoms with E-state index in [1.54, 1.807) is 12.1 Å². The Kier molecular flexibility index (Phi) is 6.14. The molecule has 0 spiro atoms. The van der Waals surface area contributed by atoms with Gasteiger partial charge in [-0.3, -0.25) is 4.79 Å². The molecule has 0 aliphatic heterocycles. The number of carbonyl (C=O) groups is 1. The molecule has 126 valence electrons. The summed E-state index contributed by atoms with van der Waals surface area (Å²) in [6.45, 7) is 0.440. The van der Waals surface area contributed by atoms with Gasteiger partial charge >= 0.3 is 0 Å². The lowest BCUT2D eigenvalue weighted by Gasteiger charge is -2.03. The molecular weight excluding hydrogens is 326 g/mol. The molecule has 2 aromatic carbocycles. The molecule has 2 rings (SSSR count). The van der Waals surface area contributed by atoms with Crippen molar-refractivity contribution in [3.8, 4) is 5.75 Å². The number of methoxy groups -OCH3 is 1. The number of nitrogens with one attached hydrogen (secondary N) is 1. The second-order valence-corrected chi connectivity index (χ2v) is 6.88. The third-order valence-corrected chi connectivity index (χ3v) is 4.77. The van der Waals surface area contributed by atoms with Crippen molar-refractivity contribution >= 4 is 15.7 Å². The molecule has 0 unspecified atom stereocenters. The summed E-state index contributed by atoms with van der Waals surface area (Å²) in [5.74, 6) is 0.125. The van der Waals surface area contributed by atoms with E-state index in [1.165, 1.54) is 19.2 Å². The Morgan fingerprint density at radius 2 is 1.75 bits per heavy atom. The van der Waals surface area contributed by atoms with Crippen molar-refractivity contribution in [2.75, 3.05) is 13.7 Å². The molecule has 6 heteroatoms. The molecule has 0 fully saturated rings. The van der Waals surface area contributed by atoms with Gasteiger partial charge in [-0.15, -0.1) is 0 Å². The standard InChI is InChI=1S/C18H19NO4S/c1-23-16-7-9-17(10-8-16)24(21,22)14-12-18(20)19-13-11-15-5-3-2-4-6-15/h2-10,12,14H,11,13H2,1H3,(H,19,20)/b14-12+. The van der Waals surface area contributed by atoms with Crippen molar-refractivity contribution in [3.63, 3.8) is 0 Å². The molecule has 0 saturated carbocycles. The van der Waals surface area contributed by atoms with Gasteiger partial charge in [-0.25, -0.2) is 8.42 Å². The summed E-state index contributed by atoms with van der Waals surface area (Å²) in [5, 5.41) is 3.57. The molecule has 24 heavy (non-hydrogen) atoms. The van der Waals surface area contributed by atoms with Crippen molar-refractivity contribution in [2.45, 2.75) is 11.3 Å². The molecule has 1 amide bonds. The Balaban J connectivity index is 1.89. The van der Waals surface area contributed by atoms with E-state index in [0.29, 0.717) is 18.7 Å². The van der Waals surface area contributed by atoms with E-state index in [9.17, 15) is 13.2 Å². The second-order valence-electron chi connectivity index (χ2n) is 5.05. The van der Waals surface area contributed by atoms with Gasteiger partial charge in [0.1, 0.15) is 5.75 Å². The van der Waals surface area contributed by atoms with Gasteiger partial charge in [-0.05, 0) is 36.2 Å². The Labute approximate surface area is 141 Å². The van der Waals surface area contributed by atoms with Crippen LogP contribution in [-0.2, 0) is 21.1 Å². The molecule has 0 saturated heterocycles. The summed E-state index contributed by atoms with van der Waals surface area (Å²) in [4.78, 5) is 11.8. The van der Waals surface area contributed by atoms with Gasteiger partial charge in [0.15, 0.2) is 9.84 Å². The summed E-state index contributed by atoms with van der Waals surface area (Å²) in [5.41, 5.74) is 1.10. The van der Waals surface area contributed by atoms with E-state index < -0.39 is 15.7 Å². The molecule has 0 bridgehead atoms. The fourth-order valence-corrected chi connectivity index (χ4v) is 3.00. The van der Waals surface area contributed by atoms with Gasteiger partial charge in [-0.2, -0.15) is 0 Å². The Morgan fingerprint density at radius 3 is 2.38 bits per heavy atom. The van der Waals surface area contributed by atoms with Crippen LogP contribution in [0.5, 0.6) is 5.75 Å². The van der Waals surface area contributed by atoms with Crippen LogP contribution in [0, 0.1) is 0 Å². The van der Waals surface area contributed by atoms with Crippen LogP contribution >= 0.6 is 0 Å². The molecule has 0 heterocycles. The number of sulfone groups is 1. The average molecular weight is 345 g/mol. The number of hydrogen-bond donors (Lipinski definition) is 1. The lowest BCUT2D eigenvalue weighted by Crippen LogP contribution is -2.23. The Hall–Kier alpha value is -2.60. The van der Waals surface area contributed by atoms with E-state index in [2.05, 4.69) is 5.32 Å². The van der Waals surface area contributed by atoms with Crippen LogP contribution < -0.4 is 10.1 Å². The van der Waals surface area contributed by atoms with Gasteiger partial charge in [0.25, 0.3) is 0 Å². The summed E-state index contributed by atoms with van der Waals surface area (Å²) in [6.07, 6.45) is 1.72. The predicted molar refractivity (Wildman–Crippen MR) is 92.5 cm³/mol. The van der Waals surface area contributed by atoms with E-state index in [4.69, 9.17) is 4.74 Å². The zero-order chi connectivity index (χ0) is 17.4. The molecule has 2 aromatic rings. The lowest BCUT2D eigenvalue weighted by molar-refractivity contribution is -0.116. The highest BCUT2D eigenvalue weighted by Gasteiger charge is 2.11. The second kappa shape index (κ2) is 8.31. The summed E-state index contributed by atoms with van der Waals surface area (Å²) in [6, 6.07) is 15.7. The topological polar surface area (TPSA) is 72.5 Å². The van der Waals surface area contributed by atoms with Crippen LogP contribution in [0.4, 0.5) is 0 Å². The van der Waals surface area contributed by atoms with E-state index in [-0.39, 0.29) is 4.90 Å². The van der Waals surface area contributed by atoms with Gasteiger partial charge in [0.2, 0.25) is 5.91 Å². The van der Waals surface area contributed by atoms with Crippen molar-refractivity contribution in [1.82, 2.24) is 5.32 Å². The average Bonchev–Trinajstić information content (AvgIpc) is 2.61. The highest BCUT2D eigenvalue weighted by Crippen LogP contribution is 2.17. The third kappa shape index (κ3) is 5.24. The summed E-state index contributed by atoms with van der Waals surface area (Å²) in [7, 11) is -2.15. The van der Waals surface area contributed by atoms with Gasteiger partial charge < -0.3 is 10.1 Å². The molecule has 1 N–H and O–H groups in total. The highest BCUT2D eigenvalue weighted by molar-refractivity contribution is 7.94. The number of rotatable bonds is 7.